The lowest BCUT2D eigenvalue weighted by molar-refractivity contribution is -0.148. The van der Waals surface area contributed by atoms with E-state index in [0.29, 0.717) is 6.54 Å². The largest absolute Gasteiger partial charge is 0.345 e. The highest BCUT2D eigenvalue weighted by Gasteiger charge is 2.37. The predicted octanol–water partition coefficient (Wildman–Crippen LogP) is 2.38. The van der Waals surface area contributed by atoms with E-state index in [1.165, 1.54) is 0 Å². The molecular formula is C13H17BrN2O2S. The number of halogens is 1. The van der Waals surface area contributed by atoms with Gasteiger partial charge in [-0.25, -0.2) is 0 Å². The van der Waals surface area contributed by atoms with E-state index in [4.69, 9.17) is 0 Å². The molecule has 1 aromatic heterocycles. The quantitative estimate of drug-likeness (QED) is 0.911. The summed E-state index contributed by atoms with van der Waals surface area (Å²) in [5.74, 6) is 0.117. The van der Waals surface area contributed by atoms with Crippen molar-refractivity contribution in [1.82, 2.24) is 10.2 Å². The molecule has 1 saturated heterocycles. The van der Waals surface area contributed by atoms with E-state index in [0.717, 1.165) is 15.1 Å². The summed E-state index contributed by atoms with van der Waals surface area (Å²) in [4.78, 5) is 26.9. The summed E-state index contributed by atoms with van der Waals surface area (Å²) < 4.78 is 1.04. The smallest absolute Gasteiger partial charge is 0.243 e. The maximum Gasteiger partial charge on any atom is 0.243 e. The van der Waals surface area contributed by atoms with Gasteiger partial charge in [-0.1, -0.05) is 20.3 Å². The Bertz CT molecular complexity index is 489. The van der Waals surface area contributed by atoms with Crippen LogP contribution in [-0.2, 0) is 16.1 Å². The topological polar surface area (TPSA) is 49.4 Å². The van der Waals surface area contributed by atoms with Gasteiger partial charge in [-0.3, -0.25) is 9.59 Å². The predicted molar refractivity (Wildman–Crippen MR) is 78.8 cm³/mol. The Morgan fingerprint density at radius 3 is 2.84 bits per heavy atom. The molecule has 6 heteroatoms. The Kier molecular flexibility index (Phi) is 4.62. The Labute approximate surface area is 125 Å². The van der Waals surface area contributed by atoms with Crippen molar-refractivity contribution in [3.63, 3.8) is 0 Å². The van der Waals surface area contributed by atoms with E-state index in [2.05, 4.69) is 21.2 Å². The summed E-state index contributed by atoms with van der Waals surface area (Å²) in [6.07, 6.45) is 0.871. The normalized spacial score (nSPS) is 21.4. The highest BCUT2D eigenvalue weighted by Crippen LogP contribution is 2.26. The van der Waals surface area contributed by atoms with Gasteiger partial charge < -0.3 is 10.2 Å². The number of hydrogen-bond acceptors (Lipinski definition) is 3. The summed E-state index contributed by atoms with van der Waals surface area (Å²) in [5, 5.41) is 2.68. The average molecular weight is 345 g/mol. The second kappa shape index (κ2) is 6.05. The second-order valence-electron chi connectivity index (χ2n) is 4.78. The molecule has 1 fully saturated rings. The third kappa shape index (κ3) is 3.17. The first-order valence-electron chi connectivity index (χ1n) is 6.34. The number of carbonyl (C=O) groups excluding carboxylic acids is 2. The van der Waals surface area contributed by atoms with Gasteiger partial charge >= 0.3 is 0 Å². The summed E-state index contributed by atoms with van der Waals surface area (Å²) >= 11 is 5.01. The van der Waals surface area contributed by atoms with Gasteiger partial charge in [-0.15, -0.1) is 11.3 Å². The number of hydrogen-bond donors (Lipinski definition) is 1. The monoisotopic (exact) mass is 344 g/mol. The van der Waals surface area contributed by atoms with E-state index in [1.54, 1.807) is 16.2 Å². The average Bonchev–Trinajstić information content (AvgIpc) is 2.79. The number of piperazine rings is 1. The minimum Gasteiger partial charge on any atom is -0.345 e. The molecule has 4 nitrogen and oxygen atoms in total. The van der Waals surface area contributed by atoms with Gasteiger partial charge in [0, 0.05) is 4.88 Å². The lowest BCUT2D eigenvalue weighted by Gasteiger charge is -2.37. The van der Waals surface area contributed by atoms with Crippen molar-refractivity contribution in [1.29, 1.82) is 0 Å². The summed E-state index contributed by atoms with van der Waals surface area (Å²) in [7, 11) is 0. The fourth-order valence-corrected chi connectivity index (χ4v) is 3.73. The SMILES string of the molecule is CCC(C)C1C(=O)NCC(=O)N1Cc1ccc(Br)s1. The molecule has 2 heterocycles. The van der Waals surface area contributed by atoms with Crippen LogP contribution in [0.3, 0.4) is 0 Å². The first-order valence-corrected chi connectivity index (χ1v) is 7.95. The van der Waals surface area contributed by atoms with E-state index >= 15 is 0 Å². The molecule has 0 aliphatic carbocycles. The van der Waals surface area contributed by atoms with Crippen LogP contribution < -0.4 is 5.32 Å². The Hall–Kier alpha value is -0.880. The number of nitrogens with one attached hydrogen (secondary N) is 1. The van der Waals surface area contributed by atoms with Crippen LogP contribution in [0.2, 0.25) is 0 Å². The third-order valence-corrected chi connectivity index (χ3v) is 5.08. The van der Waals surface area contributed by atoms with Gasteiger partial charge in [0.2, 0.25) is 11.8 Å². The molecule has 2 atom stereocenters. The zero-order valence-electron chi connectivity index (χ0n) is 11.0. The van der Waals surface area contributed by atoms with Crippen molar-refractivity contribution in [3.8, 4) is 0 Å². The van der Waals surface area contributed by atoms with E-state index < -0.39 is 0 Å². The third-order valence-electron chi connectivity index (χ3n) is 3.48. The molecule has 0 aromatic carbocycles. The molecule has 0 spiro atoms. The van der Waals surface area contributed by atoms with Crippen LogP contribution in [0.25, 0.3) is 0 Å². The molecular weight excluding hydrogens is 328 g/mol. The van der Waals surface area contributed by atoms with Crippen molar-refractivity contribution >= 4 is 39.1 Å². The Morgan fingerprint density at radius 2 is 2.26 bits per heavy atom. The van der Waals surface area contributed by atoms with Crippen LogP contribution in [-0.4, -0.2) is 29.3 Å². The highest BCUT2D eigenvalue weighted by molar-refractivity contribution is 9.11. The first-order chi connectivity index (χ1) is 9.02. The zero-order valence-corrected chi connectivity index (χ0v) is 13.4. The van der Waals surface area contributed by atoms with Crippen molar-refractivity contribution in [2.45, 2.75) is 32.9 Å². The standard InChI is InChI=1S/C13H17BrN2O2S/c1-3-8(2)12-13(18)15-6-11(17)16(12)7-9-4-5-10(14)19-9/h4-5,8,12H,3,6-7H2,1-2H3,(H,15,18). The van der Waals surface area contributed by atoms with Crippen LogP contribution in [0.1, 0.15) is 25.1 Å². The zero-order chi connectivity index (χ0) is 14.0. The molecule has 1 N–H and O–H groups in total. The number of rotatable bonds is 4. The van der Waals surface area contributed by atoms with E-state index in [-0.39, 0.29) is 30.3 Å². The maximum absolute atomic E-state index is 12.1. The van der Waals surface area contributed by atoms with E-state index in [1.807, 2.05) is 26.0 Å². The molecule has 2 unspecified atom stereocenters. The molecule has 0 saturated carbocycles. The Balaban J connectivity index is 2.21. The summed E-state index contributed by atoms with van der Waals surface area (Å²) in [6, 6.07) is 3.60. The lowest BCUT2D eigenvalue weighted by Crippen LogP contribution is -2.60. The number of thiophene rings is 1. The van der Waals surface area contributed by atoms with Crippen molar-refractivity contribution in [2.24, 2.45) is 5.92 Å². The molecule has 0 radical (unpaired) electrons. The van der Waals surface area contributed by atoms with Gasteiger partial charge in [0.1, 0.15) is 6.04 Å². The molecule has 0 bridgehead atoms. The fourth-order valence-electron chi connectivity index (χ4n) is 2.25. The molecule has 1 aliphatic heterocycles. The van der Waals surface area contributed by atoms with Gasteiger partial charge in [-0.2, -0.15) is 0 Å². The number of nitrogens with zero attached hydrogens (tertiary/aromatic N) is 1. The van der Waals surface area contributed by atoms with Crippen molar-refractivity contribution < 1.29 is 9.59 Å². The van der Waals surface area contributed by atoms with Gasteiger partial charge in [0.05, 0.1) is 16.9 Å². The number of amides is 2. The van der Waals surface area contributed by atoms with Crippen LogP contribution in [0.5, 0.6) is 0 Å². The summed E-state index contributed by atoms with van der Waals surface area (Å²) in [6.45, 7) is 4.67. The molecule has 2 rings (SSSR count). The summed E-state index contributed by atoms with van der Waals surface area (Å²) in [5.41, 5.74) is 0. The van der Waals surface area contributed by atoms with Crippen molar-refractivity contribution in [3.05, 3.63) is 20.8 Å². The fraction of sp³-hybridized carbons (Fsp3) is 0.538. The van der Waals surface area contributed by atoms with Gasteiger partial charge in [0.15, 0.2) is 0 Å². The van der Waals surface area contributed by atoms with Gasteiger partial charge in [-0.05, 0) is 34.0 Å². The van der Waals surface area contributed by atoms with Crippen LogP contribution in [0.4, 0.5) is 0 Å². The van der Waals surface area contributed by atoms with E-state index in [9.17, 15) is 9.59 Å². The molecule has 1 aromatic rings. The molecule has 1 aliphatic rings. The lowest BCUT2D eigenvalue weighted by atomic mass is 9.95. The van der Waals surface area contributed by atoms with Crippen molar-refractivity contribution in [2.75, 3.05) is 6.54 Å². The Morgan fingerprint density at radius 1 is 1.53 bits per heavy atom. The minimum atomic E-state index is -0.355. The molecule has 104 valence electrons. The minimum absolute atomic E-state index is 0.00516. The second-order valence-corrected chi connectivity index (χ2v) is 7.32. The van der Waals surface area contributed by atoms with Crippen LogP contribution in [0.15, 0.2) is 15.9 Å². The van der Waals surface area contributed by atoms with Gasteiger partial charge in [0.25, 0.3) is 0 Å². The maximum atomic E-state index is 12.1. The number of carbonyl (C=O) groups is 2. The molecule has 2 amide bonds. The first kappa shape index (κ1) is 14.5. The van der Waals surface area contributed by atoms with Crippen LogP contribution >= 0.6 is 27.3 Å². The molecule has 19 heavy (non-hydrogen) atoms. The van der Waals surface area contributed by atoms with Crippen LogP contribution in [0, 0.1) is 5.92 Å². The highest BCUT2D eigenvalue weighted by atomic mass is 79.9.